The zero-order valence-corrected chi connectivity index (χ0v) is 12.6. The van der Waals surface area contributed by atoms with E-state index in [0.717, 1.165) is 18.4 Å². The van der Waals surface area contributed by atoms with Gasteiger partial charge in [-0.15, -0.1) is 0 Å². The summed E-state index contributed by atoms with van der Waals surface area (Å²) in [4.78, 5) is 0. The standard InChI is InChI=1S/C10H10ClFN2O.2C2H6/c11-8-5-6(12)1-2-7(8)10(3-4-10)9(13)14-15;2*1-2/h1-2,5,15H,3-4H2,(H2,13,14);2*1-2H3. The van der Waals surface area contributed by atoms with Gasteiger partial charge in [0.1, 0.15) is 11.7 Å². The predicted octanol–water partition coefficient (Wildman–Crippen LogP) is 4.31. The fraction of sp³-hybridized carbons (Fsp3) is 0.500. The summed E-state index contributed by atoms with van der Waals surface area (Å²) >= 11 is 5.92. The van der Waals surface area contributed by atoms with Gasteiger partial charge in [-0.1, -0.05) is 50.5 Å². The van der Waals surface area contributed by atoms with Crippen LogP contribution in [0.15, 0.2) is 23.4 Å². The number of halogens is 2. The summed E-state index contributed by atoms with van der Waals surface area (Å²) in [5.41, 5.74) is 5.84. The van der Waals surface area contributed by atoms with Crippen molar-refractivity contribution in [1.82, 2.24) is 0 Å². The van der Waals surface area contributed by atoms with Gasteiger partial charge in [-0.25, -0.2) is 4.39 Å². The lowest BCUT2D eigenvalue weighted by atomic mass is 9.95. The highest BCUT2D eigenvalue weighted by atomic mass is 35.5. The average molecular weight is 289 g/mol. The van der Waals surface area contributed by atoms with Crippen LogP contribution in [0.2, 0.25) is 5.02 Å². The van der Waals surface area contributed by atoms with Gasteiger partial charge in [0.25, 0.3) is 0 Å². The zero-order chi connectivity index (χ0) is 15.1. The van der Waals surface area contributed by atoms with Gasteiger partial charge in [-0.05, 0) is 30.5 Å². The Morgan fingerprint density at radius 3 is 2.21 bits per heavy atom. The second-order valence-electron chi connectivity index (χ2n) is 3.69. The Kier molecular flexibility index (Phi) is 7.45. The molecule has 3 nitrogen and oxygen atoms in total. The lowest BCUT2D eigenvalue weighted by molar-refractivity contribution is 0.315. The average Bonchev–Trinajstić information content (AvgIpc) is 3.24. The van der Waals surface area contributed by atoms with Gasteiger partial charge < -0.3 is 10.9 Å². The number of oxime groups is 1. The van der Waals surface area contributed by atoms with Crippen molar-refractivity contribution in [1.29, 1.82) is 0 Å². The number of benzene rings is 1. The second kappa shape index (κ2) is 8.00. The molecule has 5 heteroatoms. The van der Waals surface area contributed by atoms with Crippen LogP contribution in [0.25, 0.3) is 0 Å². The molecule has 0 aliphatic heterocycles. The molecule has 1 aliphatic carbocycles. The lowest BCUT2D eigenvalue weighted by Gasteiger charge is -2.15. The third-order valence-corrected chi connectivity index (χ3v) is 3.11. The van der Waals surface area contributed by atoms with Crippen molar-refractivity contribution in [2.75, 3.05) is 0 Å². The maximum Gasteiger partial charge on any atom is 0.149 e. The molecule has 0 atom stereocenters. The third kappa shape index (κ3) is 3.83. The Bertz CT molecular complexity index is 431. The number of hydrogen-bond acceptors (Lipinski definition) is 2. The molecular formula is C14H22ClFN2O. The van der Waals surface area contributed by atoms with E-state index < -0.39 is 5.41 Å². The molecule has 1 aliphatic rings. The number of nitrogens with two attached hydrogens (primary N) is 1. The molecule has 1 fully saturated rings. The summed E-state index contributed by atoms with van der Waals surface area (Å²) in [5.74, 6) is -0.255. The minimum absolute atomic E-state index is 0.135. The fourth-order valence-corrected chi connectivity index (χ4v) is 2.11. The minimum Gasteiger partial charge on any atom is -0.409 e. The summed E-state index contributed by atoms with van der Waals surface area (Å²) in [6, 6.07) is 4.15. The Morgan fingerprint density at radius 1 is 1.32 bits per heavy atom. The number of nitrogens with zero attached hydrogens (tertiary/aromatic N) is 1. The molecule has 1 aromatic rings. The van der Waals surface area contributed by atoms with Gasteiger partial charge in [0.15, 0.2) is 0 Å². The van der Waals surface area contributed by atoms with Gasteiger partial charge >= 0.3 is 0 Å². The molecule has 0 radical (unpaired) electrons. The molecule has 3 N–H and O–H groups in total. The normalized spacial score (nSPS) is 15.6. The molecule has 1 aromatic carbocycles. The second-order valence-corrected chi connectivity index (χ2v) is 4.10. The molecule has 0 heterocycles. The molecular weight excluding hydrogens is 267 g/mol. The van der Waals surface area contributed by atoms with Gasteiger partial charge in [0.05, 0.1) is 5.41 Å². The van der Waals surface area contributed by atoms with E-state index in [1.807, 2.05) is 27.7 Å². The molecule has 1 saturated carbocycles. The van der Waals surface area contributed by atoms with Crippen molar-refractivity contribution in [2.45, 2.75) is 46.0 Å². The molecule has 0 aromatic heterocycles. The quantitative estimate of drug-likeness (QED) is 0.369. The summed E-state index contributed by atoms with van der Waals surface area (Å²) < 4.78 is 12.8. The fourth-order valence-electron chi connectivity index (χ4n) is 1.76. The van der Waals surface area contributed by atoms with Crippen LogP contribution < -0.4 is 5.73 Å². The summed E-state index contributed by atoms with van der Waals surface area (Å²) in [6.45, 7) is 8.00. The first kappa shape index (κ1) is 17.7. The smallest absolute Gasteiger partial charge is 0.149 e. The molecule has 0 unspecified atom stereocenters. The van der Waals surface area contributed by atoms with Crippen LogP contribution in [0.1, 0.15) is 46.1 Å². The van der Waals surface area contributed by atoms with E-state index in [1.165, 1.54) is 12.1 Å². The van der Waals surface area contributed by atoms with E-state index in [-0.39, 0.29) is 11.7 Å². The van der Waals surface area contributed by atoms with Crippen molar-refractivity contribution in [3.05, 3.63) is 34.6 Å². The van der Waals surface area contributed by atoms with E-state index in [9.17, 15) is 4.39 Å². The Hall–Kier alpha value is -1.29. The summed E-state index contributed by atoms with van der Waals surface area (Å²) in [5, 5.41) is 12.0. The SMILES string of the molecule is CC.CC.N/C(=N\O)C1(c2ccc(F)cc2Cl)CC1. The van der Waals surface area contributed by atoms with Crippen LogP contribution in [-0.4, -0.2) is 11.0 Å². The number of rotatable bonds is 2. The Labute approximate surface area is 119 Å². The van der Waals surface area contributed by atoms with Gasteiger partial charge in [-0.3, -0.25) is 0 Å². The Balaban J connectivity index is 0.000000741. The highest BCUT2D eigenvalue weighted by Gasteiger charge is 2.49. The maximum atomic E-state index is 12.8. The lowest BCUT2D eigenvalue weighted by Crippen LogP contribution is -2.29. The molecule has 108 valence electrons. The van der Waals surface area contributed by atoms with Crippen LogP contribution in [0.3, 0.4) is 0 Å². The molecule has 0 spiro atoms. The van der Waals surface area contributed by atoms with Crippen molar-refractivity contribution >= 4 is 17.4 Å². The number of hydrogen-bond donors (Lipinski definition) is 2. The molecule has 2 rings (SSSR count). The van der Waals surface area contributed by atoms with Crippen molar-refractivity contribution in [2.24, 2.45) is 10.9 Å². The first-order valence-corrected chi connectivity index (χ1v) is 6.91. The van der Waals surface area contributed by atoms with Crippen LogP contribution in [0.4, 0.5) is 4.39 Å². The van der Waals surface area contributed by atoms with E-state index in [1.54, 1.807) is 6.07 Å². The predicted molar refractivity (Wildman–Crippen MR) is 78.4 cm³/mol. The molecule has 19 heavy (non-hydrogen) atoms. The minimum atomic E-state index is -0.487. The first-order valence-electron chi connectivity index (χ1n) is 6.54. The van der Waals surface area contributed by atoms with Gasteiger partial charge in [0.2, 0.25) is 0 Å². The van der Waals surface area contributed by atoms with E-state index in [2.05, 4.69) is 5.16 Å². The van der Waals surface area contributed by atoms with Crippen molar-refractivity contribution in [3.63, 3.8) is 0 Å². The van der Waals surface area contributed by atoms with Crippen LogP contribution in [0.5, 0.6) is 0 Å². The molecule has 0 saturated heterocycles. The monoisotopic (exact) mass is 288 g/mol. The van der Waals surface area contributed by atoms with E-state index in [4.69, 9.17) is 22.5 Å². The highest BCUT2D eigenvalue weighted by Crippen LogP contribution is 2.50. The molecule has 0 bridgehead atoms. The largest absolute Gasteiger partial charge is 0.409 e. The van der Waals surface area contributed by atoms with Crippen molar-refractivity contribution in [3.8, 4) is 0 Å². The highest BCUT2D eigenvalue weighted by molar-refractivity contribution is 6.32. The summed E-state index contributed by atoms with van der Waals surface area (Å²) in [7, 11) is 0. The molecule has 0 amide bonds. The van der Waals surface area contributed by atoms with Crippen LogP contribution >= 0.6 is 11.6 Å². The van der Waals surface area contributed by atoms with Gasteiger partial charge in [-0.2, -0.15) is 0 Å². The van der Waals surface area contributed by atoms with Gasteiger partial charge in [0, 0.05) is 5.02 Å². The first-order chi connectivity index (χ1) is 9.10. The summed E-state index contributed by atoms with van der Waals surface area (Å²) in [6.07, 6.45) is 1.54. The third-order valence-electron chi connectivity index (χ3n) is 2.79. The maximum absolute atomic E-state index is 12.8. The van der Waals surface area contributed by atoms with E-state index >= 15 is 0 Å². The van der Waals surface area contributed by atoms with Crippen molar-refractivity contribution < 1.29 is 9.60 Å². The van der Waals surface area contributed by atoms with E-state index in [0.29, 0.717) is 5.02 Å². The zero-order valence-electron chi connectivity index (χ0n) is 11.9. The van der Waals surface area contributed by atoms with Crippen LogP contribution in [0, 0.1) is 5.82 Å². The topological polar surface area (TPSA) is 58.6 Å². The number of amidine groups is 1. The van der Waals surface area contributed by atoms with Crippen LogP contribution in [-0.2, 0) is 5.41 Å². The Morgan fingerprint density at radius 2 is 1.84 bits per heavy atom.